The third-order valence-corrected chi connectivity index (χ3v) is 3.22. The lowest BCUT2D eigenvalue weighted by molar-refractivity contribution is -0.137. The molecule has 1 amide bonds. The Morgan fingerprint density at radius 2 is 1.57 bits per heavy atom. The summed E-state index contributed by atoms with van der Waals surface area (Å²) in [5.41, 5.74) is 0.232. The largest absolute Gasteiger partial charge is 0.416 e. The van der Waals surface area contributed by atoms with Gasteiger partial charge in [-0.05, 0) is 29.8 Å². The molecule has 6 heteroatoms. The SMILES string of the molecule is O=C(Cc1ccc(C(F)(F)F)cc1)N(Cl)c1ccccc1. The number of anilines is 1. The van der Waals surface area contributed by atoms with E-state index < -0.39 is 17.6 Å². The average molecular weight is 314 g/mol. The molecule has 0 aromatic heterocycles. The van der Waals surface area contributed by atoms with Gasteiger partial charge in [-0.1, -0.05) is 30.3 Å². The van der Waals surface area contributed by atoms with Gasteiger partial charge in [0.25, 0.3) is 0 Å². The van der Waals surface area contributed by atoms with Crippen LogP contribution in [0.4, 0.5) is 18.9 Å². The van der Waals surface area contributed by atoms with Crippen LogP contribution in [0.5, 0.6) is 0 Å². The van der Waals surface area contributed by atoms with Gasteiger partial charge in [0.15, 0.2) is 0 Å². The highest BCUT2D eigenvalue weighted by atomic mass is 35.5. The molecule has 2 rings (SSSR count). The Morgan fingerprint density at radius 1 is 1.00 bits per heavy atom. The van der Waals surface area contributed by atoms with Crippen molar-refractivity contribution in [3.8, 4) is 0 Å². The second-order valence-electron chi connectivity index (χ2n) is 4.38. The molecule has 0 saturated heterocycles. The van der Waals surface area contributed by atoms with E-state index in [0.29, 0.717) is 11.3 Å². The summed E-state index contributed by atoms with van der Waals surface area (Å²) in [6.45, 7) is 0. The topological polar surface area (TPSA) is 20.3 Å². The molecule has 110 valence electrons. The average Bonchev–Trinajstić information content (AvgIpc) is 2.47. The highest BCUT2D eigenvalue weighted by molar-refractivity contribution is 6.36. The maximum absolute atomic E-state index is 12.4. The number of hydrogen-bond acceptors (Lipinski definition) is 1. The smallest absolute Gasteiger partial charge is 0.273 e. The third kappa shape index (κ3) is 3.98. The maximum Gasteiger partial charge on any atom is 0.416 e. The third-order valence-electron chi connectivity index (χ3n) is 2.84. The van der Waals surface area contributed by atoms with Crippen LogP contribution in [0.2, 0.25) is 0 Å². The predicted molar refractivity (Wildman–Crippen MR) is 74.9 cm³/mol. The Morgan fingerprint density at radius 3 is 2.10 bits per heavy atom. The summed E-state index contributed by atoms with van der Waals surface area (Å²) in [7, 11) is 0. The number of halogens is 4. The number of carbonyl (C=O) groups is 1. The lowest BCUT2D eigenvalue weighted by atomic mass is 10.1. The molecule has 0 aliphatic heterocycles. The van der Waals surface area contributed by atoms with Crippen LogP contribution in [0.3, 0.4) is 0 Å². The molecule has 0 spiro atoms. The Bertz CT molecular complexity index is 611. The van der Waals surface area contributed by atoms with E-state index in [9.17, 15) is 18.0 Å². The zero-order valence-electron chi connectivity index (χ0n) is 10.8. The van der Waals surface area contributed by atoms with Crippen molar-refractivity contribution < 1.29 is 18.0 Å². The van der Waals surface area contributed by atoms with E-state index in [1.165, 1.54) is 12.1 Å². The van der Waals surface area contributed by atoms with Crippen molar-refractivity contribution in [2.75, 3.05) is 4.42 Å². The summed E-state index contributed by atoms with van der Waals surface area (Å²) in [5.74, 6) is -0.414. The molecule has 2 nitrogen and oxygen atoms in total. The summed E-state index contributed by atoms with van der Waals surface area (Å²) in [6.07, 6.45) is -4.46. The molecule has 0 bridgehead atoms. The van der Waals surface area contributed by atoms with Crippen LogP contribution in [-0.4, -0.2) is 5.91 Å². The van der Waals surface area contributed by atoms with Crippen LogP contribution in [0.1, 0.15) is 11.1 Å². The number of carbonyl (C=O) groups excluding carboxylic acids is 1. The second-order valence-corrected chi connectivity index (χ2v) is 4.72. The summed E-state index contributed by atoms with van der Waals surface area (Å²) in [5, 5.41) is 0. The number of benzene rings is 2. The Balaban J connectivity index is 2.06. The van der Waals surface area contributed by atoms with Crippen molar-refractivity contribution in [3.05, 3.63) is 65.7 Å². The molecule has 2 aromatic rings. The van der Waals surface area contributed by atoms with E-state index in [1.54, 1.807) is 30.3 Å². The minimum absolute atomic E-state index is 0.0729. The summed E-state index contributed by atoms with van der Waals surface area (Å²) < 4.78 is 38.3. The molecule has 0 saturated carbocycles. The molecule has 0 aliphatic rings. The quantitative estimate of drug-likeness (QED) is 0.767. The van der Waals surface area contributed by atoms with Crippen molar-refractivity contribution in [1.82, 2.24) is 0 Å². The standard InChI is InChI=1S/C15H11ClF3NO/c16-20(13-4-2-1-3-5-13)14(21)10-11-6-8-12(9-7-11)15(17,18)19/h1-9H,10H2. The maximum atomic E-state index is 12.4. The van der Waals surface area contributed by atoms with Crippen molar-refractivity contribution in [2.24, 2.45) is 0 Å². The molecule has 0 heterocycles. The van der Waals surface area contributed by atoms with Gasteiger partial charge in [-0.15, -0.1) is 0 Å². The number of para-hydroxylation sites is 1. The number of amides is 1. The van der Waals surface area contributed by atoms with Crippen LogP contribution in [-0.2, 0) is 17.4 Å². The first-order valence-corrected chi connectivity index (χ1v) is 6.41. The van der Waals surface area contributed by atoms with Crippen molar-refractivity contribution in [2.45, 2.75) is 12.6 Å². The summed E-state index contributed by atoms with van der Waals surface area (Å²) >= 11 is 5.91. The van der Waals surface area contributed by atoms with Crippen molar-refractivity contribution in [1.29, 1.82) is 0 Å². The summed E-state index contributed by atoms with van der Waals surface area (Å²) in [4.78, 5) is 12.0. The van der Waals surface area contributed by atoms with Crippen LogP contribution in [0.15, 0.2) is 54.6 Å². The van der Waals surface area contributed by atoms with Gasteiger partial charge in [0, 0.05) is 11.8 Å². The van der Waals surface area contributed by atoms with E-state index in [-0.39, 0.29) is 6.42 Å². The molecule has 0 unspecified atom stereocenters. The molecular formula is C15H11ClF3NO. The van der Waals surface area contributed by atoms with Gasteiger partial charge in [-0.3, -0.25) is 4.79 Å². The molecule has 2 aromatic carbocycles. The highest BCUT2D eigenvalue weighted by Gasteiger charge is 2.30. The fraction of sp³-hybridized carbons (Fsp3) is 0.133. The lowest BCUT2D eigenvalue weighted by Crippen LogP contribution is -2.22. The first kappa shape index (κ1) is 15.4. The second kappa shape index (κ2) is 6.18. The van der Waals surface area contributed by atoms with Crippen LogP contribution >= 0.6 is 11.8 Å². The van der Waals surface area contributed by atoms with E-state index in [1.807, 2.05) is 0 Å². The van der Waals surface area contributed by atoms with Gasteiger partial charge in [0.1, 0.15) is 0 Å². The van der Waals surface area contributed by atoms with Crippen molar-refractivity contribution in [3.63, 3.8) is 0 Å². The van der Waals surface area contributed by atoms with Gasteiger partial charge in [-0.25, -0.2) is 4.42 Å². The van der Waals surface area contributed by atoms with Crippen LogP contribution in [0, 0.1) is 0 Å². The first-order valence-electron chi connectivity index (χ1n) is 6.08. The number of nitrogens with zero attached hydrogens (tertiary/aromatic N) is 1. The lowest BCUT2D eigenvalue weighted by Gasteiger charge is -2.14. The number of alkyl halides is 3. The number of hydrogen-bond donors (Lipinski definition) is 0. The Hall–Kier alpha value is -2.01. The van der Waals surface area contributed by atoms with Gasteiger partial charge >= 0.3 is 6.18 Å². The van der Waals surface area contributed by atoms with Crippen LogP contribution < -0.4 is 4.42 Å². The van der Waals surface area contributed by atoms with Crippen LogP contribution in [0.25, 0.3) is 0 Å². The Kier molecular flexibility index (Phi) is 4.53. The molecule has 21 heavy (non-hydrogen) atoms. The molecule has 0 fully saturated rings. The minimum Gasteiger partial charge on any atom is -0.273 e. The monoisotopic (exact) mass is 313 g/mol. The van der Waals surface area contributed by atoms with Gasteiger partial charge < -0.3 is 0 Å². The minimum atomic E-state index is -4.38. The predicted octanol–water partition coefficient (Wildman–Crippen LogP) is 4.43. The van der Waals surface area contributed by atoms with E-state index in [2.05, 4.69) is 0 Å². The highest BCUT2D eigenvalue weighted by Crippen LogP contribution is 2.29. The van der Waals surface area contributed by atoms with Crippen molar-refractivity contribution >= 4 is 23.4 Å². The van der Waals surface area contributed by atoms with E-state index >= 15 is 0 Å². The number of rotatable bonds is 3. The van der Waals surface area contributed by atoms with Gasteiger partial charge in [-0.2, -0.15) is 13.2 Å². The van der Waals surface area contributed by atoms with E-state index in [4.69, 9.17) is 11.8 Å². The zero-order valence-corrected chi connectivity index (χ0v) is 11.5. The zero-order chi connectivity index (χ0) is 15.5. The fourth-order valence-electron chi connectivity index (χ4n) is 1.76. The molecular weight excluding hydrogens is 303 g/mol. The molecule has 0 aliphatic carbocycles. The fourth-order valence-corrected chi connectivity index (χ4v) is 1.93. The normalized spacial score (nSPS) is 11.2. The Labute approximate surface area is 124 Å². The first-order chi connectivity index (χ1) is 9.88. The molecule has 0 atom stereocenters. The molecule has 0 radical (unpaired) electrons. The van der Waals surface area contributed by atoms with E-state index in [0.717, 1.165) is 16.6 Å². The molecule has 0 N–H and O–H groups in total. The van der Waals surface area contributed by atoms with Gasteiger partial charge in [0.05, 0.1) is 17.7 Å². The summed E-state index contributed by atoms with van der Waals surface area (Å²) in [6, 6.07) is 13.0. The van der Waals surface area contributed by atoms with Gasteiger partial charge in [0.2, 0.25) is 5.91 Å².